The Kier molecular flexibility index (Phi) is 8.40. The van der Waals surface area contributed by atoms with Gasteiger partial charge in [-0.15, -0.1) is 0 Å². The summed E-state index contributed by atoms with van der Waals surface area (Å²) in [5.41, 5.74) is 1.64. The summed E-state index contributed by atoms with van der Waals surface area (Å²) in [4.78, 5) is 38.2. The molecule has 1 fully saturated rings. The van der Waals surface area contributed by atoms with E-state index in [1.165, 1.54) is 23.8 Å². The number of likely N-dealkylation sites (tertiary alicyclic amines) is 1. The number of methoxy groups -OCH3 is 1. The second-order valence-electron chi connectivity index (χ2n) is 5.59. The third-order valence-corrected chi connectivity index (χ3v) is 5.23. The van der Waals surface area contributed by atoms with Crippen LogP contribution in [0.15, 0.2) is 0 Å². The van der Waals surface area contributed by atoms with Gasteiger partial charge in [0, 0.05) is 6.54 Å². The summed E-state index contributed by atoms with van der Waals surface area (Å²) >= 11 is 1.23. The van der Waals surface area contributed by atoms with Crippen molar-refractivity contribution in [2.75, 3.05) is 19.9 Å². The maximum Gasteiger partial charge on any atom is 0.328 e. The van der Waals surface area contributed by atoms with Gasteiger partial charge in [-0.3, -0.25) is 14.8 Å². The van der Waals surface area contributed by atoms with Gasteiger partial charge in [0.15, 0.2) is 0 Å². The van der Waals surface area contributed by atoms with Crippen LogP contribution < -0.4 is 5.48 Å². The van der Waals surface area contributed by atoms with Crippen molar-refractivity contribution in [3.8, 4) is 0 Å². The standard InChI is InChI=1S/C15H26N2O5S/c1-4-5-7-10(12(23-3)13(18)16-21)14(19)17-9-6-8-11(17)15(20)22-2/h10-12,21H,4-9H2,1-3H3,(H,16,18)/t10-,11+,12-/m1/s1. The van der Waals surface area contributed by atoms with Gasteiger partial charge in [-0.05, 0) is 25.5 Å². The zero-order chi connectivity index (χ0) is 17.4. The molecule has 7 nitrogen and oxygen atoms in total. The number of esters is 1. The summed E-state index contributed by atoms with van der Waals surface area (Å²) in [6.07, 6.45) is 5.28. The van der Waals surface area contributed by atoms with Crippen LogP contribution in [0.4, 0.5) is 0 Å². The average Bonchev–Trinajstić information content (AvgIpc) is 3.06. The van der Waals surface area contributed by atoms with Crippen molar-refractivity contribution in [3.05, 3.63) is 0 Å². The molecule has 0 unspecified atom stereocenters. The highest BCUT2D eigenvalue weighted by atomic mass is 32.2. The van der Waals surface area contributed by atoms with E-state index in [0.717, 1.165) is 19.3 Å². The van der Waals surface area contributed by atoms with Gasteiger partial charge in [-0.1, -0.05) is 19.8 Å². The SMILES string of the molecule is CCCC[C@@H](C(=O)N1CCC[C@H]1C(=O)OC)[C@@H](SC)C(=O)NO. The topological polar surface area (TPSA) is 95.9 Å². The van der Waals surface area contributed by atoms with Crippen molar-refractivity contribution in [2.24, 2.45) is 5.92 Å². The molecule has 1 aliphatic heterocycles. The maximum absolute atomic E-state index is 12.9. The third kappa shape index (κ3) is 4.84. The molecule has 0 saturated carbocycles. The summed E-state index contributed by atoms with van der Waals surface area (Å²) in [5.74, 6) is -1.78. The number of amides is 2. The first-order chi connectivity index (χ1) is 11.0. The van der Waals surface area contributed by atoms with E-state index in [4.69, 9.17) is 9.94 Å². The zero-order valence-electron chi connectivity index (χ0n) is 13.9. The second-order valence-corrected chi connectivity index (χ2v) is 6.57. The number of nitrogens with one attached hydrogen (secondary N) is 1. The highest BCUT2D eigenvalue weighted by Gasteiger charge is 2.41. The first-order valence-electron chi connectivity index (χ1n) is 7.86. The minimum absolute atomic E-state index is 0.214. The Morgan fingerprint density at radius 1 is 1.43 bits per heavy atom. The Balaban J connectivity index is 2.98. The van der Waals surface area contributed by atoms with Gasteiger partial charge in [0.1, 0.15) is 6.04 Å². The van der Waals surface area contributed by atoms with E-state index in [0.29, 0.717) is 19.4 Å². The van der Waals surface area contributed by atoms with Crippen molar-refractivity contribution in [1.29, 1.82) is 0 Å². The van der Waals surface area contributed by atoms with Crippen LogP contribution in [0.5, 0.6) is 0 Å². The molecule has 1 heterocycles. The molecule has 0 aliphatic carbocycles. The zero-order valence-corrected chi connectivity index (χ0v) is 14.7. The lowest BCUT2D eigenvalue weighted by atomic mass is 9.95. The number of hydrogen-bond acceptors (Lipinski definition) is 6. The number of thioether (sulfide) groups is 1. The molecule has 2 amide bonds. The number of carbonyl (C=O) groups is 3. The van der Waals surface area contributed by atoms with E-state index in [9.17, 15) is 14.4 Å². The van der Waals surface area contributed by atoms with E-state index in [1.54, 1.807) is 11.7 Å². The van der Waals surface area contributed by atoms with E-state index >= 15 is 0 Å². The fourth-order valence-corrected chi connectivity index (χ4v) is 3.82. The first-order valence-corrected chi connectivity index (χ1v) is 9.15. The molecule has 2 N–H and O–H groups in total. The van der Waals surface area contributed by atoms with E-state index in [2.05, 4.69) is 0 Å². The Labute approximate surface area is 141 Å². The van der Waals surface area contributed by atoms with Crippen molar-refractivity contribution in [2.45, 2.75) is 50.3 Å². The highest BCUT2D eigenvalue weighted by molar-refractivity contribution is 8.00. The summed E-state index contributed by atoms with van der Waals surface area (Å²) in [6.45, 7) is 2.50. The Morgan fingerprint density at radius 2 is 2.13 bits per heavy atom. The van der Waals surface area contributed by atoms with Crippen LogP contribution in [0.3, 0.4) is 0 Å². The minimum Gasteiger partial charge on any atom is -0.467 e. The lowest BCUT2D eigenvalue weighted by Crippen LogP contribution is -2.49. The summed E-state index contributed by atoms with van der Waals surface area (Å²) in [5, 5.41) is 8.24. The predicted octanol–water partition coefficient (Wildman–Crippen LogP) is 1.19. The molecule has 132 valence electrons. The lowest BCUT2D eigenvalue weighted by molar-refractivity contribution is -0.153. The van der Waals surface area contributed by atoms with Gasteiger partial charge >= 0.3 is 5.97 Å². The number of hydrogen-bond donors (Lipinski definition) is 2. The van der Waals surface area contributed by atoms with E-state index in [-0.39, 0.29) is 5.91 Å². The molecule has 23 heavy (non-hydrogen) atoms. The molecule has 1 saturated heterocycles. The molecule has 8 heteroatoms. The van der Waals surface area contributed by atoms with Crippen LogP contribution >= 0.6 is 11.8 Å². The monoisotopic (exact) mass is 346 g/mol. The van der Waals surface area contributed by atoms with Crippen LogP contribution in [-0.4, -0.2) is 59.1 Å². The van der Waals surface area contributed by atoms with Gasteiger partial charge in [-0.25, -0.2) is 10.3 Å². The quantitative estimate of drug-likeness (QED) is 0.389. The smallest absolute Gasteiger partial charge is 0.328 e. The number of rotatable bonds is 8. The largest absolute Gasteiger partial charge is 0.467 e. The Bertz CT molecular complexity index is 432. The summed E-state index contributed by atoms with van der Waals surface area (Å²) < 4.78 is 4.77. The van der Waals surface area contributed by atoms with Crippen LogP contribution in [0, 0.1) is 5.92 Å². The van der Waals surface area contributed by atoms with Crippen molar-refractivity contribution < 1.29 is 24.3 Å². The maximum atomic E-state index is 12.9. The summed E-state index contributed by atoms with van der Waals surface area (Å²) in [6, 6.07) is -0.573. The molecule has 1 aliphatic rings. The minimum atomic E-state index is -0.682. The van der Waals surface area contributed by atoms with Gasteiger partial charge in [-0.2, -0.15) is 11.8 Å². The molecular weight excluding hydrogens is 320 g/mol. The van der Waals surface area contributed by atoms with Crippen LogP contribution in [0.2, 0.25) is 0 Å². The number of hydroxylamine groups is 1. The summed E-state index contributed by atoms with van der Waals surface area (Å²) in [7, 11) is 1.31. The molecule has 1 rings (SSSR count). The van der Waals surface area contributed by atoms with E-state index < -0.39 is 29.1 Å². The van der Waals surface area contributed by atoms with Crippen LogP contribution in [0.1, 0.15) is 39.0 Å². The molecule has 0 aromatic carbocycles. The Hall–Kier alpha value is -1.28. The molecule has 3 atom stereocenters. The van der Waals surface area contributed by atoms with Crippen molar-refractivity contribution >= 4 is 29.5 Å². The van der Waals surface area contributed by atoms with Crippen molar-refractivity contribution in [1.82, 2.24) is 10.4 Å². The normalized spacial score (nSPS) is 20.0. The lowest BCUT2D eigenvalue weighted by Gasteiger charge is -2.30. The average molecular weight is 346 g/mol. The Morgan fingerprint density at radius 3 is 2.65 bits per heavy atom. The number of unbranched alkanes of at least 4 members (excludes halogenated alkanes) is 1. The number of ether oxygens (including phenoxy) is 1. The fraction of sp³-hybridized carbons (Fsp3) is 0.800. The molecule has 0 aromatic heterocycles. The molecule has 0 radical (unpaired) electrons. The fourth-order valence-electron chi connectivity index (χ4n) is 2.97. The molecule has 0 spiro atoms. The van der Waals surface area contributed by atoms with Crippen LogP contribution in [-0.2, 0) is 19.1 Å². The molecule has 0 aromatic rings. The number of nitrogens with zero attached hydrogens (tertiary/aromatic N) is 1. The third-order valence-electron chi connectivity index (χ3n) is 4.18. The first kappa shape index (κ1) is 19.8. The molecule has 0 bridgehead atoms. The van der Waals surface area contributed by atoms with Gasteiger partial charge in [0.05, 0.1) is 18.3 Å². The van der Waals surface area contributed by atoms with Gasteiger partial charge in [0.2, 0.25) is 5.91 Å². The van der Waals surface area contributed by atoms with Gasteiger partial charge < -0.3 is 9.64 Å². The molecular formula is C15H26N2O5S. The number of carbonyl (C=O) groups excluding carboxylic acids is 3. The highest BCUT2D eigenvalue weighted by Crippen LogP contribution is 2.29. The van der Waals surface area contributed by atoms with Crippen LogP contribution in [0.25, 0.3) is 0 Å². The van der Waals surface area contributed by atoms with E-state index in [1.807, 2.05) is 6.92 Å². The van der Waals surface area contributed by atoms with Gasteiger partial charge in [0.25, 0.3) is 5.91 Å². The second kappa shape index (κ2) is 9.77. The predicted molar refractivity (Wildman–Crippen MR) is 87.0 cm³/mol. The van der Waals surface area contributed by atoms with Crippen molar-refractivity contribution in [3.63, 3.8) is 0 Å².